The van der Waals surface area contributed by atoms with E-state index in [0.29, 0.717) is 0 Å². The van der Waals surface area contributed by atoms with Crippen LogP contribution in [0.2, 0.25) is 0 Å². The van der Waals surface area contributed by atoms with Crippen molar-refractivity contribution in [2.75, 3.05) is 12.4 Å². The average molecular weight is 204 g/mol. The second kappa shape index (κ2) is 6.62. The average Bonchev–Trinajstić information content (AvgIpc) is 1.85. The summed E-state index contributed by atoms with van der Waals surface area (Å²) in [6.07, 6.45) is 0.907. The standard InChI is InChI=1S/C5H8O5S.Na.H/c1-2-5(6)10-3-4-11(7,8)9;;/h2H,1,3-4H2,(H,7,8,9);;. The topological polar surface area (TPSA) is 80.7 Å². The van der Waals surface area contributed by atoms with Gasteiger partial charge >= 0.3 is 35.5 Å². The first-order chi connectivity index (χ1) is 4.95. The normalized spacial score (nSPS) is 9.75. The second-order valence-electron chi connectivity index (χ2n) is 1.66. The molecule has 7 heteroatoms. The van der Waals surface area contributed by atoms with Gasteiger partial charge in [-0.15, -0.1) is 0 Å². The summed E-state index contributed by atoms with van der Waals surface area (Å²) in [6, 6.07) is 0. The van der Waals surface area contributed by atoms with Gasteiger partial charge in [0.1, 0.15) is 12.4 Å². The molecular formula is C5H9NaO5S. The van der Waals surface area contributed by atoms with Crippen LogP contribution >= 0.6 is 0 Å². The molecule has 0 saturated heterocycles. The van der Waals surface area contributed by atoms with Gasteiger partial charge in [0.05, 0.1) is 0 Å². The van der Waals surface area contributed by atoms with E-state index >= 15 is 0 Å². The van der Waals surface area contributed by atoms with Crippen LogP contribution in [0.15, 0.2) is 12.7 Å². The predicted molar refractivity (Wildman–Crippen MR) is 44.7 cm³/mol. The van der Waals surface area contributed by atoms with Gasteiger partial charge in [-0.25, -0.2) is 4.79 Å². The third kappa shape index (κ3) is 10.1. The van der Waals surface area contributed by atoms with E-state index < -0.39 is 21.8 Å². The molecule has 0 radical (unpaired) electrons. The van der Waals surface area contributed by atoms with Crippen LogP contribution in [0, 0.1) is 0 Å². The number of carbonyl (C=O) groups is 1. The van der Waals surface area contributed by atoms with Crippen molar-refractivity contribution in [3.05, 3.63) is 12.7 Å². The minimum absolute atomic E-state index is 0. The molecule has 0 aliphatic heterocycles. The van der Waals surface area contributed by atoms with Crippen LogP contribution in [0.4, 0.5) is 0 Å². The van der Waals surface area contributed by atoms with Gasteiger partial charge < -0.3 is 4.74 Å². The third-order valence-electron chi connectivity index (χ3n) is 0.752. The predicted octanol–water partition coefficient (Wildman–Crippen LogP) is -1.05. The first kappa shape index (κ1) is 14.6. The molecule has 0 bridgehead atoms. The van der Waals surface area contributed by atoms with E-state index in [-0.39, 0.29) is 36.2 Å². The van der Waals surface area contributed by atoms with Gasteiger partial charge in [0.25, 0.3) is 10.1 Å². The third-order valence-corrected chi connectivity index (χ3v) is 1.43. The molecule has 0 amide bonds. The van der Waals surface area contributed by atoms with Crippen molar-refractivity contribution in [2.45, 2.75) is 0 Å². The molecule has 66 valence electrons. The molecule has 5 nitrogen and oxygen atoms in total. The summed E-state index contributed by atoms with van der Waals surface area (Å²) in [7, 11) is -4.04. The molecule has 0 aliphatic carbocycles. The van der Waals surface area contributed by atoms with Gasteiger partial charge in [-0.05, 0) is 0 Å². The van der Waals surface area contributed by atoms with Crippen LogP contribution in [0.1, 0.15) is 0 Å². The van der Waals surface area contributed by atoms with Crippen molar-refractivity contribution in [3.8, 4) is 0 Å². The number of hydrogen-bond acceptors (Lipinski definition) is 4. The molecule has 12 heavy (non-hydrogen) atoms. The van der Waals surface area contributed by atoms with Crippen LogP contribution in [0.25, 0.3) is 0 Å². The Morgan fingerprint density at radius 3 is 2.42 bits per heavy atom. The maximum atomic E-state index is 10.3. The summed E-state index contributed by atoms with van der Waals surface area (Å²) in [5, 5.41) is 0. The SMILES string of the molecule is C=CC(=O)OCCS(=O)(=O)O.[NaH]. The zero-order valence-electron chi connectivity index (χ0n) is 5.69. The number of hydrogen-bond donors (Lipinski definition) is 1. The molecular weight excluding hydrogens is 195 g/mol. The van der Waals surface area contributed by atoms with Gasteiger partial charge in [-0.3, -0.25) is 4.55 Å². The van der Waals surface area contributed by atoms with Gasteiger partial charge in [0, 0.05) is 6.08 Å². The van der Waals surface area contributed by atoms with Crippen molar-refractivity contribution < 1.29 is 22.5 Å². The molecule has 0 aromatic heterocycles. The van der Waals surface area contributed by atoms with Crippen LogP contribution in [0.5, 0.6) is 0 Å². The molecule has 0 saturated carbocycles. The fourth-order valence-electron chi connectivity index (χ4n) is 0.306. The molecule has 0 atom stereocenters. The summed E-state index contributed by atoms with van der Waals surface area (Å²) < 4.78 is 32.5. The first-order valence-electron chi connectivity index (χ1n) is 2.70. The number of ether oxygens (including phenoxy) is 1. The van der Waals surface area contributed by atoms with E-state index in [0.717, 1.165) is 6.08 Å². The number of esters is 1. The van der Waals surface area contributed by atoms with Crippen molar-refractivity contribution in [1.82, 2.24) is 0 Å². The van der Waals surface area contributed by atoms with Gasteiger partial charge in [-0.1, -0.05) is 6.58 Å². The van der Waals surface area contributed by atoms with Crippen LogP contribution in [0.3, 0.4) is 0 Å². The van der Waals surface area contributed by atoms with Crippen LogP contribution < -0.4 is 0 Å². The molecule has 1 N–H and O–H groups in total. The zero-order chi connectivity index (χ0) is 8.91. The quantitative estimate of drug-likeness (QED) is 0.273. The molecule has 0 heterocycles. The summed E-state index contributed by atoms with van der Waals surface area (Å²) in [4.78, 5) is 10.3. The number of carbonyl (C=O) groups excluding carboxylic acids is 1. The Morgan fingerprint density at radius 1 is 1.58 bits per heavy atom. The van der Waals surface area contributed by atoms with Crippen LogP contribution in [-0.2, 0) is 19.6 Å². The van der Waals surface area contributed by atoms with E-state index in [9.17, 15) is 13.2 Å². The van der Waals surface area contributed by atoms with E-state index in [2.05, 4.69) is 11.3 Å². The molecule has 0 fully saturated rings. The summed E-state index contributed by atoms with van der Waals surface area (Å²) >= 11 is 0. The van der Waals surface area contributed by atoms with Crippen molar-refractivity contribution in [3.63, 3.8) is 0 Å². The Hall–Kier alpha value is 0.120. The monoisotopic (exact) mass is 204 g/mol. The Morgan fingerprint density at radius 2 is 2.08 bits per heavy atom. The van der Waals surface area contributed by atoms with E-state index in [4.69, 9.17) is 4.55 Å². The van der Waals surface area contributed by atoms with E-state index in [1.54, 1.807) is 0 Å². The Balaban J connectivity index is 0. The van der Waals surface area contributed by atoms with Crippen molar-refractivity contribution in [1.29, 1.82) is 0 Å². The Labute approximate surface area is 92.8 Å². The first-order valence-corrected chi connectivity index (χ1v) is 4.31. The molecule has 0 unspecified atom stereocenters. The van der Waals surface area contributed by atoms with E-state index in [1.807, 2.05) is 0 Å². The molecule has 0 spiro atoms. The van der Waals surface area contributed by atoms with Crippen molar-refractivity contribution >= 4 is 45.6 Å². The summed E-state index contributed by atoms with van der Waals surface area (Å²) in [6.45, 7) is 2.73. The van der Waals surface area contributed by atoms with Gasteiger partial charge in [-0.2, -0.15) is 8.42 Å². The molecule has 0 aliphatic rings. The Kier molecular flexibility index (Phi) is 8.07. The van der Waals surface area contributed by atoms with Gasteiger partial charge in [0.2, 0.25) is 0 Å². The fraction of sp³-hybridized carbons (Fsp3) is 0.400. The summed E-state index contributed by atoms with van der Waals surface area (Å²) in [5.41, 5.74) is 0. The fourth-order valence-corrected chi connectivity index (χ4v) is 0.600. The summed E-state index contributed by atoms with van der Waals surface area (Å²) in [5.74, 6) is -1.30. The van der Waals surface area contributed by atoms with Gasteiger partial charge in [0.15, 0.2) is 0 Å². The molecule has 0 aromatic rings. The zero-order valence-corrected chi connectivity index (χ0v) is 6.50. The van der Waals surface area contributed by atoms with E-state index in [1.165, 1.54) is 0 Å². The maximum absolute atomic E-state index is 10.3. The molecule has 0 aromatic carbocycles. The van der Waals surface area contributed by atoms with Crippen molar-refractivity contribution in [2.24, 2.45) is 0 Å². The Bertz CT molecular complexity index is 245. The molecule has 0 rings (SSSR count). The second-order valence-corrected chi connectivity index (χ2v) is 3.23. The van der Waals surface area contributed by atoms with Crippen LogP contribution in [-0.4, -0.2) is 60.9 Å². The number of rotatable bonds is 4. The minimum atomic E-state index is -4.04.